The molecule has 0 aromatic heterocycles. The molecular formula is C12H26N2O. The molecule has 3 nitrogen and oxygen atoms in total. The average Bonchev–Trinajstić information content (AvgIpc) is 2.76. The van der Waals surface area contributed by atoms with Crippen molar-refractivity contribution < 1.29 is 4.74 Å². The van der Waals surface area contributed by atoms with E-state index in [1.165, 1.54) is 19.3 Å². The van der Waals surface area contributed by atoms with Gasteiger partial charge in [0.15, 0.2) is 0 Å². The standard InChI is InChI=1S/C12H26N2O/c1-4-11(13-3)9-14(5-2)10-12-7-6-8-15-12/h11-13H,4-10H2,1-3H3. The van der Waals surface area contributed by atoms with Crippen LogP contribution in [0.15, 0.2) is 0 Å². The summed E-state index contributed by atoms with van der Waals surface area (Å²) in [5.41, 5.74) is 0. The largest absolute Gasteiger partial charge is 0.377 e. The third-order valence-corrected chi connectivity index (χ3v) is 3.31. The maximum absolute atomic E-state index is 5.67. The van der Waals surface area contributed by atoms with Gasteiger partial charge in [-0.2, -0.15) is 0 Å². The van der Waals surface area contributed by atoms with Crippen molar-refractivity contribution in [3.05, 3.63) is 0 Å². The van der Waals surface area contributed by atoms with Crippen LogP contribution >= 0.6 is 0 Å². The molecule has 0 bridgehead atoms. The van der Waals surface area contributed by atoms with Crippen molar-refractivity contribution in [2.75, 3.05) is 33.3 Å². The van der Waals surface area contributed by atoms with Crippen LogP contribution in [-0.4, -0.2) is 50.3 Å². The minimum atomic E-state index is 0.485. The molecule has 0 aliphatic carbocycles. The molecule has 0 radical (unpaired) electrons. The first-order valence-corrected chi connectivity index (χ1v) is 6.31. The number of ether oxygens (including phenoxy) is 1. The van der Waals surface area contributed by atoms with Gasteiger partial charge in [0, 0.05) is 25.7 Å². The average molecular weight is 214 g/mol. The van der Waals surface area contributed by atoms with Gasteiger partial charge in [0.05, 0.1) is 6.10 Å². The van der Waals surface area contributed by atoms with Crippen molar-refractivity contribution in [3.8, 4) is 0 Å². The summed E-state index contributed by atoms with van der Waals surface area (Å²) in [4.78, 5) is 2.50. The fraction of sp³-hybridized carbons (Fsp3) is 1.00. The van der Waals surface area contributed by atoms with Crippen molar-refractivity contribution in [2.45, 2.75) is 45.3 Å². The van der Waals surface area contributed by atoms with E-state index < -0.39 is 0 Å². The second-order valence-electron chi connectivity index (χ2n) is 4.38. The van der Waals surface area contributed by atoms with E-state index in [-0.39, 0.29) is 0 Å². The lowest BCUT2D eigenvalue weighted by Crippen LogP contribution is -2.42. The quantitative estimate of drug-likeness (QED) is 0.695. The van der Waals surface area contributed by atoms with Crippen molar-refractivity contribution in [1.29, 1.82) is 0 Å². The van der Waals surface area contributed by atoms with Gasteiger partial charge in [-0.3, -0.25) is 4.90 Å². The molecule has 1 heterocycles. The molecule has 0 aromatic carbocycles. The summed E-state index contributed by atoms with van der Waals surface area (Å²) in [7, 11) is 2.05. The molecule has 1 aliphatic rings. The third kappa shape index (κ3) is 4.49. The highest BCUT2D eigenvalue weighted by Gasteiger charge is 2.19. The van der Waals surface area contributed by atoms with Gasteiger partial charge in [0.1, 0.15) is 0 Å². The summed E-state index contributed by atoms with van der Waals surface area (Å²) < 4.78 is 5.67. The Morgan fingerprint density at radius 3 is 2.73 bits per heavy atom. The zero-order valence-electron chi connectivity index (χ0n) is 10.5. The zero-order valence-corrected chi connectivity index (χ0v) is 10.5. The second kappa shape index (κ2) is 7.20. The molecule has 0 aromatic rings. The summed E-state index contributed by atoms with van der Waals surface area (Å²) in [6.45, 7) is 8.81. The van der Waals surface area contributed by atoms with Gasteiger partial charge in [-0.05, 0) is 32.9 Å². The number of hydrogen-bond donors (Lipinski definition) is 1. The lowest BCUT2D eigenvalue weighted by atomic mass is 10.2. The van der Waals surface area contributed by atoms with Crippen molar-refractivity contribution in [1.82, 2.24) is 10.2 Å². The summed E-state index contributed by atoms with van der Waals surface area (Å²) in [5.74, 6) is 0. The van der Waals surface area contributed by atoms with Crippen LogP contribution in [0.4, 0.5) is 0 Å². The van der Waals surface area contributed by atoms with Gasteiger partial charge in [-0.1, -0.05) is 13.8 Å². The van der Waals surface area contributed by atoms with E-state index >= 15 is 0 Å². The SMILES string of the molecule is CCC(CN(CC)CC1CCCO1)NC. The number of nitrogens with one attached hydrogen (secondary N) is 1. The summed E-state index contributed by atoms with van der Waals surface area (Å²) in [6.07, 6.45) is 4.16. The minimum Gasteiger partial charge on any atom is -0.377 e. The van der Waals surface area contributed by atoms with Gasteiger partial charge in [-0.25, -0.2) is 0 Å². The third-order valence-electron chi connectivity index (χ3n) is 3.31. The number of nitrogens with zero attached hydrogens (tertiary/aromatic N) is 1. The Hall–Kier alpha value is -0.120. The molecule has 2 atom stereocenters. The molecular weight excluding hydrogens is 188 g/mol. The fourth-order valence-corrected chi connectivity index (χ4v) is 2.15. The minimum absolute atomic E-state index is 0.485. The first-order valence-electron chi connectivity index (χ1n) is 6.31. The maximum Gasteiger partial charge on any atom is 0.0702 e. The molecule has 1 N–H and O–H groups in total. The normalized spacial score (nSPS) is 23.6. The fourth-order valence-electron chi connectivity index (χ4n) is 2.15. The van der Waals surface area contributed by atoms with Crippen LogP contribution < -0.4 is 5.32 Å². The predicted octanol–water partition coefficient (Wildman–Crippen LogP) is 1.49. The zero-order chi connectivity index (χ0) is 11.1. The predicted molar refractivity (Wildman–Crippen MR) is 64.2 cm³/mol. The van der Waals surface area contributed by atoms with Gasteiger partial charge in [0.25, 0.3) is 0 Å². The van der Waals surface area contributed by atoms with Gasteiger partial charge in [-0.15, -0.1) is 0 Å². The number of likely N-dealkylation sites (N-methyl/N-ethyl adjacent to an activating group) is 2. The van der Waals surface area contributed by atoms with Crippen molar-refractivity contribution in [3.63, 3.8) is 0 Å². The monoisotopic (exact) mass is 214 g/mol. The molecule has 0 spiro atoms. The van der Waals surface area contributed by atoms with Crippen LogP contribution in [0.5, 0.6) is 0 Å². The number of rotatable bonds is 7. The molecule has 15 heavy (non-hydrogen) atoms. The smallest absolute Gasteiger partial charge is 0.0702 e. The first kappa shape index (κ1) is 12.9. The summed E-state index contributed by atoms with van der Waals surface area (Å²) in [5, 5.41) is 3.36. The second-order valence-corrected chi connectivity index (χ2v) is 4.38. The molecule has 3 heteroatoms. The van der Waals surface area contributed by atoms with Crippen molar-refractivity contribution in [2.24, 2.45) is 0 Å². The Morgan fingerprint density at radius 2 is 2.27 bits per heavy atom. The topological polar surface area (TPSA) is 24.5 Å². The van der Waals surface area contributed by atoms with Gasteiger partial charge < -0.3 is 10.1 Å². The van der Waals surface area contributed by atoms with Crippen LogP contribution in [0.2, 0.25) is 0 Å². The summed E-state index contributed by atoms with van der Waals surface area (Å²) >= 11 is 0. The molecule has 1 rings (SSSR count). The van der Waals surface area contributed by atoms with Crippen LogP contribution in [0.1, 0.15) is 33.1 Å². The lowest BCUT2D eigenvalue weighted by molar-refractivity contribution is 0.0717. The highest BCUT2D eigenvalue weighted by atomic mass is 16.5. The molecule has 1 fully saturated rings. The Morgan fingerprint density at radius 1 is 1.47 bits per heavy atom. The lowest BCUT2D eigenvalue weighted by Gasteiger charge is -2.27. The van der Waals surface area contributed by atoms with Gasteiger partial charge >= 0.3 is 0 Å². The molecule has 0 amide bonds. The highest BCUT2D eigenvalue weighted by Crippen LogP contribution is 2.13. The van der Waals surface area contributed by atoms with Crippen LogP contribution in [-0.2, 0) is 4.74 Å². The number of hydrogen-bond acceptors (Lipinski definition) is 3. The van der Waals surface area contributed by atoms with E-state index in [4.69, 9.17) is 4.74 Å². The van der Waals surface area contributed by atoms with E-state index in [1.807, 2.05) is 7.05 Å². The van der Waals surface area contributed by atoms with E-state index in [0.29, 0.717) is 12.1 Å². The Balaban J connectivity index is 2.27. The molecule has 1 aliphatic heterocycles. The Labute approximate surface area is 94.2 Å². The van der Waals surface area contributed by atoms with Crippen molar-refractivity contribution >= 4 is 0 Å². The van der Waals surface area contributed by atoms with E-state index in [0.717, 1.165) is 26.2 Å². The molecule has 1 saturated heterocycles. The van der Waals surface area contributed by atoms with E-state index in [1.54, 1.807) is 0 Å². The van der Waals surface area contributed by atoms with E-state index in [2.05, 4.69) is 24.1 Å². The van der Waals surface area contributed by atoms with Crippen LogP contribution in [0.25, 0.3) is 0 Å². The van der Waals surface area contributed by atoms with Gasteiger partial charge in [0.2, 0.25) is 0 Å². The molecule has 0 saturated carbocycles. The Kier molecular flexibility index (Phi) is 6.22. The maximum atomic E-state index is 5.67. The van der Waals surface area contributed by atoms with Crippen LogP contribution in [0, 0.1) is 0 Å². The molecule has 90 valence electrons. The van der Waals surface area contributed by atoms with E-state index in [9.17, 15) is 0 Å². The Bertz CT molecular complexity index is 150. The molecule has 2 unspecified atom stereocenters. The van der Waals surface area contributed by atoms with Crippen LogP contribution in [0.3, 0.4) is 0 Å². The highest BCUT2D eigenvalue weighted by molar-refractivity contribution is 4.74. The first-order chi connectivity index (χ1) is 7.30. The summed E-state index contributed by atoms with van der Waals surface area (Å²) in [6, 6.07) is 0.617.